The van der Waals surface area contributed by atoms with Gasteiger partial charge in [-0.25, -0.2) is 0 Å². The number of nitrogen functional groups attached to an aromatic ring is 1. The number of fused-ring (bicyclic) bond motifs is 1. The number of anilines is 1. The van der Waals surface area contributed by atoms with Crippen molar-refractivity contribution in [2.75, 3.05) is 5.73 Å². The fraction of sp³-hybridized carbons (Fsp3) is 0.200. The molecule has 0 saturated heterocycles. The van der Waals surface area contributed by atoms with E-state index in [0.29, 0.717) is 0 Å². The lowest BCUT2D eigenvalue weighted by Gasteiger charge is -2.04. The van der Waals surface area contributed by atoms with Crippen molar-refractivity contribution >= 4 is 16.6 Å². The van der Waals surface area contributed by atoms with Crippen LogP contribution in [0.5, 0.6) is 0 Å². The molecule has 0 saturated carbocycles. The third-order valence-corrected chi connectivity index (χ3v) is 3.30. The molecule has 3 rings (SSSR count). The van der Waals surface area contributed by atoms with E-state index in [1.54, 1.807) is 6.20 Å². The van der Waals surface area contributed by atoms with Gasteiger partial charge in [0.15, 0.2) is 0 Å². The van der Waals surface area contributed by atoms with Crippen LogP contribution < -0.4 is 5.73 Å². The molecule has 0 aliphatic heterocycles. The molecule has 0 fully saturated rings. The third kappa shape index (κ3) is 2.29. The predicted octanol–water partition coefficient (Wildman–Crippen LogP) is 2.56. The van der Waals surface area contributed by atoms with Crippen LogP contribution in [0.2, 0.25) is 0 Å². The van der Waals surface area contributed by atoms with Gasteiger partial charge in [-0.05, 0) is 43.2 Å². The number of aryl methyl sites for hydroxylation is 3. The largest absolute Gasteiger partial charge is 0.399 e. The highest BCUT2D eigenvalue weighted by molar-refractivity contribution is 5.84. The normalized spacial score (nSPS) is 11.0. The van der Waals surface area contributed by atoms with Gasteiger partial charge in [0.25, 0.3) is 0 Å². The zero-order valence-corrected chi connectivity index (χ0v) is 10.9. The lowest BCUT2D eigenvalue weighted by molar-refractivity contribution is 0.629. The standard InChI is InChI=1S/C15H16N4/c1-11-14-5-4-13(16)9-15(14)19(18-11)8-6-12-3-2-7-17-10-12/h2-5,7,9-10H,6,8,16H2,1H3. The summed E-state index contributed by atoms with van der Waals surface area (Å²) in [5.74, 6) is 0. The SMILES string of the molecule is Cc1nn(CCc2cccnc2)c2cc(N)ccc12. The Balaban J connectivity index is 1.91. The van der Waals surface area contributed by atoms with Crippen LogP contribution in [0, 0.1) is 6.92 Å². The van der Waals surface area contributed by atoms with Gasteiger partial charge in [0.2, 0.25) is 0 Å². The van der Waals surface area contributed by atoms with Crippen molar-refractivity contribution in [2.24, 2.45) is 0 Å². The van der Waals surface area contributed by atoms with Crippen LogP contribution in [-0.2, 0) is 13.0 Å². The number of rotatable bonds is 3. The summed E-state index contributed by atoms with van der Waals surface area (Å²) in [6, 6.07) is 9.98. The van der Waals surface area contributed by atoms with Crippen molar-refractivity contribution in [3.8, 4) is 0 Å². The summed E-state index contributed by atoms with van der Waals surface area (Å²) in [5, 5.41) is 5.75. The molecule has 4 heteroatoms. The molecule has 19 heavy (non-hydrogen) atoms. The molecule has 96 valence electrons. The van der Waals surface area contributed by atoms with E-state index in [9.17, 15) is 0 Å². The summed E-state index contributed by atoms with van der Waals surface area (Å²) in [6.45, 7) is 2.86. The summed E-state index contributed by atoms with van der Waals surface area (Å²) >= 11 is 0. The highest BCUT2D eigenvalue weighted by atomic mass is 15.3. The first-order valence-electron chi connectivity index (χ1n) is 6.35. The number of nitrogens with two attached hydrogens (primary N) is 1. The third-order valence-electron chi connectivity index (χ3n) is 3.30. The fourth-order valence-electron chi connectivity index (χ4n) is 2.31. The highest BCUT2D eigenvalue weighted by Gasteiger charge is 2.07. The maximum absolute atomic E-state index is 5.86. The number of aromatic nitrogens is 3. The molecule has 4 nitrogen and oxygen atoms in total. The van der Waals surface area contributed by atoms with E-state index < -0.39 is 0 Å². The molecule has 0 unspecified atom stereocenters. The second-order valence-corrected chi connectivity index (χ2v) is 4.70. The maximum atomic E-state index is 5.86. The van der Waals surface area contributed by atoms with Crippen LogP contribution in [0.25, 0.3) is 10.9 Å². The number of nitrogens with zero attached hydrogens (tertiary/aromatic N) is 3. The number of hydrogen-bond donors (Lipinski definition) is 1. The number of pyridine rings is 1. The maximum Gasteiger partial charge on any atom is 0.0705 e. The van der Waals surface area contributed by atoms with Gasteiger partial charge in [-0.1, -0.05) is 6.07 Å². The second kappa shape index (κ2) is 4.72. The number of benzene rings is 1. The summed E-state index contributed by atoms with van der Waals surface area (Å²) < 4.78 is 2.02. The zero-order chi connectivity index (χ0) is 13.2. The van der Waals surface area contributed by atoms with E-state index in [4.69, 9.17) is 5.73 Å². The quantitative estimate of drug-likeness (QED) is 0.729. The Bertz CT molecular complexity index is 701. The Hall–Kier alpha value is -2.36. The van der Waals surface area contributed by atoms with Crippen LogP contribution in [0.1, 0.15) is 11.3 Å². The minimum absolute atomic E-state index is 0.773. The predicted molar refractivity (Wildman–Crippen MR) is 76.8 cm³/mol. The Labute approximate surface area is 111 Å². The smallest absolute Gasteiger partial charge is 0.0705 e. The Morgan fingerprint density at radius 2 is 2.16 bits per heavy atom. The molecule has 0 aliphatic rings. The van der Waals surface area contributed by atoms with Gasteiger partial charge >= 0.3 is 0 Å². The Kier molecular flexibility index (Phi) is 2.91. The molecule has 1 aromatic carbocycles. The van der Waals surface area contributed by atoms with E-state index in [1.807, 2.05) is 42.1 Å². The van der Waals surface area contributed by atoms with E-state index in [1.165, 1.54) is 10.9 Å². The lowest BCUT2D eigenvalue weighted by Crippen LogP contribution is -2.03. The first kappa shape index (κ1) is 11.7. The second-order valence-electron chi connectivity index (χ2n) is 4.70. The molecule has 0 spiro atoms. The molecule has 0 radical (unpaired) electrons. The Morgan fingerprint density at radius 1 is 1.26 bits per heavy atom. The van der Waals surface area contributed by atoms with E-state index in [2.05, 4.69) is 16.1 Å². The van der Waals surface area contributed by atoms with Crippen molar-refractivity contribution in [1.29, 1.82) is 0 Å². The molecule has 0 bridgehead atoms. The Morgan fingerprint density at radius 3 is 2.95 bits per heavy atom. The minimum atomic E-state index is 0.773. The van der Waals surface area contributed by atoms with Gasteiger partial charge in [-0.3, -0.25) is 9.67 Å². The van der Waals surface area contributed by atoms with Gasteiger partial charge in [0.1, 0.15) is 0 Å². The van der Waals surface area contributed by atoms with Crippen LogP contribution in [0.4, 0.5) is 5.69 Å². The topological polar surface area (TPSA) is 56.7 Å². The summed E-state index contributed by atoms with van der Waals surface area (Å²) in [6.07, 6.45) is 4.60. The summed E-state index contributed by atoms with van der Waals surface area (Å²) in [5.41, 5.74) is 9.99. The molecule has 0 amide bonds. The van der Waals surface area contributed by atoms with Crippen LogP contribution >= 0.6 is 0 Å². The zero-order valence-electron chi connectivity index (χ0n) is 10.9. The molecule has 2 N–H and O–H groups in total. The lowest BCUT2D eigenvalue weighted by atomic mass is 10.2. The molecule has 2 aromatic heterocycles. The average molecular weight is 252 g/mol. The summed E-state index contributed by atoms with van der Waals surface area (Å²) in [4.78, 5) is 4.13. The summed E-state index contributed by atoms with van der Waals surface area (Å²) in [7, 11) is 0. The average Bonchev–Trinajstić information content (AvgIpc) is 2.74. The molecule has 0 aliphatic carbocycles. The molecule has 3 aromatic rings. The van der Waals surface area contributed by atoms with Crippen LogP contribution in [0.3, 0.4) is 0 Å². The van der Waals surface area contributed by atoms with Crippen molar-refractivity contribution < 1.29 is 0 Å². The first-order valence-corrected chi connectivity index (χ1v) is 6.35. The van der Waals surface area contributed by atoms with Crippen LogP contribution in [0.15, 0.2) is 42.7 Å². The van der Waals surface area contributed by atoms with Gasteiger partial charge in [-0.15, -0.1) is 0 Å². The minimum Gasteiger partial charge on any atom is -0.399 e. The van der Waals surface area contributed by atoms with E-state index in [0.717, 1.165) is 29.9 Å². The van der Waals surface area contributed by atoms with E-state index >= 15 is 0 Å². The first-order chi connectivity index (χ1) is 9.24. The van der Waals surface area contributed by atoms with Gasteiger partial charge in [-0.2, -0.15) is 5.10 Å². The molecule has 2 heterocycles. The monoisotopic (exact) mass is 252 g/mol. The fourth-order valence-corrected chi connectivity index (χ4v) is 2.31. The van der Waals surface area contributed by atoms with Gasteiger partial charge < -0.3 is 5.73 Å². The highest BCUT2D eigenvalue weighted by Crippen LogP contribution is 2.21. The van der Waals surface area contributed by atoms with Crippen molar-refractivity contribution in [3.63, 3.8) is 0 Å². The van der Waals surface area contributed by atoms with Crippen molar-refractivity contribution in [2.45, 2.75) is 19.9 Å². The van der Waals surface area contributed by atoms with Crippen LogP contribution in [-0.4, -0.2) is 14.8 Å². The van der Waals surface area contributed by atoms with Gasteiger partial charge in [0.05, 0.1) is 11.2 Å². The van der Waals surface area contributed by atoms with Crippen molar-refractivity contribution in [1.82, 2.24) is 14.8 Å². The van der Waals surface area contributed by atoms with Gasteiger partial charge in [0, 0.05) is 30.0 Å². The number of hydrogen-bond acceptors (Lipinski definition) is 3. The molecular formula is C15H16N4. The van der Waals surface area contributed by atoms with Crippen molar-refractivity contribution in [3.05, 3.63) is 54.0 Å². The molecular weight excluding hydrogens is 236 g/mol. The van der Waals surface area contributed by atoms with E-state index in [-0.39, 0.29) is 0 Å². The molecule has 0 atom stereocenters.